The number of aliphatic carboxylic acids is 2. The average Bonchev–Trinajstić information content (AvgIpc) is 2.70. The number of rotatable bonds is 14. The lowest BCUT2D eigenvalue weighted by Gasteiger charge is -2.28. The number of hydrogen-bond acceptors (Lipinski definition) is 8. The summed E-state index contributed by atoms with van der Waals surface area (Å²) in [5.74, 6) is -5.69. The molecule has 0 radical (unpaired) electrons. The highest BCUT2D eigenvalue weighted by molar-refractivity contribution is 5.94. The van der Waals surface area contributed by atoms with E-state index in [9.17, 15) is 29.1 Å². The zero-order valence-electron chi connectivity index (χ0n) is 17.7. The predicted molar refractivity (Wildman–Crippen MR) is 106 cm³/mol. The molecule has 0 aliphatic carbocycles. The van der Waals surface area contributed by atoms with Crippen LogP contribution in [0.15, 0.2) is 0 Å². The van der Waals surface area contributed by atoms with Crippen LogP contribution in [0.25, 0.3) is 0 Å². The van der Waals surface area contributed by atoms with Crippen molar-refractivity contribution < 1.29 is 44.4 Å². The van der Waals surface area contributed by atoms with Gasteiger partial charge < -0.3 is 42.1 Å². The molecular weight excluding hydrogens is 416 g/mol. The van der Waals surface area contributed by atoms with E-state index in [2.05, 4.69) is 10.6 Å². The highest BCUT2D eigenvalue weighted by Crippen LogP contribution is 2.10. The number of carbonyl (C=O) groups is 5. The molecule has 0 bridgehead atoms. The second kappa shape index (κ2) is 13.5. The molecule has 0 aliphatic rings. The van der Waals surface area contributed by atoms with Crippen LogP contribution in [0.2, 0.25) is 0 Å². The smallest absolute Gasteiger partial charge is 0.328 e. The second-order valence-electron chi connectivity index (χ2n) is 7.22. The number of hydrogen-bond donors (Lipinski definition) is 8. The first-order valence-corrected chi connectivity index (χ1v) is 9.75. The van der Waals surface area contributed by atoms with Crippen LogP contribution >= 0.6 is 0 Å². The first-order valence-electron chi connectivity index (χ1n) is 9.75. The normalized spacial score (nSPS) is 16.7. The molecule has 31 heavy (non-hydrogen) atoms. The van der Waals surface area contributed by atoms with Gasteiger partial charge in [-0.1, -0.05) is 20.3 Å². The number of nitrogens with two attached hydrogens (primary N) is 1. The van der Waals surface area contributed by atoms with Crippen molar-refractivity contribution in [2.45, 2.75) is 70.3 Å². The van der Waals surface area contributed by atoms with Crippen molar-refractivity contribution in [2.24, 2.45) is 11.7 Å². The number of aliphatic hydroxyl groups excluding tert-OH is 2. The van der Waals surface area contributed by atoms with Crippen molar-refractivity contribution in [2.75, 3.05) is 6.61 Å². The van der Waals surface area contributed by atoms with Crippen molar-refractivity contribution in [1.82, 2.24) is 16.0 Å². The number of carboxylic acids is 2. The highest BCUT2D eigenvalue weighted by Gasteiger charge is 2.34. The SMILES string of the molecule is CCC(C)C(NC(=O)C(N)CCC(=O)O)C(=O)NC(C(=O)NC(CO)C(=O)O)C(C)O. The van der Waals surface area contributed by atoms with Crippen molar-refractivity contribution >= 4 is 29.7 Å². The van der Waals surface area contributed by atoms with E-state index in [0.717, 1.165) is 0 Å². The molecule has 6 unspecified atom stereocenters. The zero-order valence-corrected chi connectivity index (χ0v) is 17.7. The number of nitrogens with one attached hydrogen (secondary N) is 3. The van der Waals surface area contributed by atoms with E-state index >= 15 is 0 Å². The minimum Gasteiger partial charge on any atom is -0.481 e. The average molecular weight is 448 g/mol. The van der Waals surface area contributed by atoms with Crippen LogP contribution in [-0.4, -0.2) is 87.0 Å². The molecular formula is C18H32N4O9. The Morgan fingerprint density at radius 3 is 1.84 bits per heavy atom. The molecule has 0 aromatic rings. The van der Waals surface area contributed by atoms with Gasteiger partial charge in [-0.2, -0.15) is 0 Å². The third-order valence-corrected chi connectivity index (χ3v) is 4.66. The summed E-state index contributed by atoms with van der Waals surface area (Å²) >= 11 is 0. The summed E-state index contributed by atoms with van der Waals surface area (Å²) < 4.78 is 0. The largest absolute Gasteiger partial charge is 0.481 e. The van der Waals surface area contributed by atoms with Gasteiger partial charge in [-0.05, 0) is 19.3 Å². The molecule has 9 N–H and O–H groups in total. The van der Waals surface area contributed by atoms with Gasteiger partial charge in [0.1, 0.15) is 18.1 Å². The van der Waals surface area contributed by atoms with Gasteiger partial charge in [0.2, 0.25) is 17.7 Å². The van der Waals surface area contributed by atoms with Crippen LogP contribution in [0.4, 0.5) is 0 Å². The van der Waals surface area contributed by atoms with Crippen LogP contribution in [0, 0.1) is 5.92 Å². The van der Waals surface area contributed by atoms with Crippen LogP contribution < -0.4 is 21.7 Å². The number of amides is 3. The molecule has 0 spiro atoms. The fraction of sp³-hybridized carbons (Fsp3) is 0.722. The molecule has 3 amide bonds. The van der Waals surface area contributed by atoms with Gasteiger partial charge in [-0.3, -0.25) is 19.2 Å². The van der Waals surface area contributed by atoms with Crippen LogP contribution in [0.3, 0.4) is 0 Å². The Bertz CT molecular complexity index is 656. The maximum Gasteiger partial charge on any atom is 0.328 e. The molecule has 0 saturated carbocycles. The zero-order chi connectivity index (χ0) is 24.3. The summed E-state index contributed by atoms with van der Waals surface area (Å²) in [6, 6.07) is -5.53. The highest BCUT2D eigenvalue weighted by atomic mass is 16.4. The topological polar surface area (TPSA) is 228 Å². The lowest BCUT2D eigenvalue weighted by atomic mass is 9.97. The van der Waals surface area contributed by atoms with Gasteiger partial charge in [0.05, 0.1) is 18.8 Å². The van der Waals surface area contributed by atoms with Crippen molar-refractivity contribution in [3.63, 3.8) is 0 Å². The third kappa shape index (κ3) is 9.72. The maximum atomic E-state index is 12.8. The van der Waals surface area contributed by atoms with Gasteiger partial charge in [-0.25, -0.2) is 4.79 Å². The number of carbonyl (C=O) groups excluding carboxylic acids is 3. The lowest BCUT2D eigenvalue weighted by molar-refractivity contribution is -0.144. The molecule has 0 aromatic heterocycles. The Morgan fingerprint density at radius 1 is 0.903 bits per heavy atom. The van der Waals surface area contributed by atoms with E-state index in [-0.39, 0.29) is 12.8 Å². The molecule has 0 fully saturated rings. The molecule has 6 atom stereocenters. The third-order valence-electron chi connectivity index (χ3n) is 4.66. The number of carboxylic acid groups (broad SMARTS) is 2. The number of aliphatic hydroxyl groups is 2. The summed E-state index contributed by atoms with van der Waals surface area (Å²) in [7, 11) is 0. The molecule has 0 rings (SSSR count). The van der Waals surface area contributed by atoms with E-state index in [4.69, 9.17) is 21.1 Å². The van der Waals surface area contributed by atoms with E-state index in [1.54, 1.807) is 13.8 Å². The molecule has 0 saturated heterocycles. The Kier molecular flexibility index (Phi) is 12.3. The van der Waals surface area contributed by atoms with E-state index < -0.39 is 72.5 Å². The molecule has 0 aromatic carbocycles. The molecule has 0 aliphatic heterocycles. The summed E-state index contributed by atoms with van der Waals surface area (Å²) in [5, 5.41) is 43.2. The van der Waals surface area contributed by atoms with Crippen LogP contribution in [0.5, 0.6) is 0 Å². The molecule has 0 heterocycles. The first-order chi connectivity index (χ1) is 14.3. The van der Waals surface area contributed by atoms with Gasteiger partial charge in [0.25, 0.3) is 0 Å². The van der Waals surface area contributed by atoms with Crippen molar-refractivity contribution in [3.8, 4) is 0 Å². The summed E-state index contributed by atoms with van der Waals surface area (Å²) in [6.07, 6.45) is -1.47. The summed E-state index contributed by atoms with van der Waals surface area (Å²) in [5.41, 5.74) is 5.66. The summed E-state index contributed by atoms with van der Waals surface area (Å²) in [4.78, 5) is 59.0. The maximum absolute atomic E-state index is 12.8. The summed E-state index contributed by atoms with van der Waals surface area (Å²) in [6.45, 7) is 3.69. The fourth-order valence-corrected chi connectivity index (χ4v) is 2.47. The Balaban J connectivity index is 5.37. The van der Waals surface area contributed by atoms with Crippen LogP contribution in [0.1, 0.15) is 40.0 Å². The minimum atomic E-state index is -1.64. The van der Waals surface area contributed by atoms with Crippen molar-refractivity contribution in [1.29, 1.82) is 0 Å². The van der Waals surface area contributed by atoms with E-state index in [1.807, 2.05) is 5.32 Å². The van der Waals surface area contributed by atoms with Crippen LogP contribution in [-0.2, 0) is 24.0 Å². The predicted octanol–water partition coefficient (Wildman–Crippen LogP) is -2.86. The van der Waals surface area contributed by atoms with Gasteiger partial charge in [0.15, 0.2) is 0 Å². The second-order valence-corrected chi connectivity index (χ2v) is 7.22. The van der Waals surface area contributed by atoms with Crippen molar-refractivity contribution in [3.05, 3.63) is 0 Å². The van der Waals surface area contributed by atoms with E-state index in [0.29, 0.717) is 6.42 Å². The van der Waals surface area contributed by atoms with E-state index in [1.165, 1.54) is 6.92 Å². The first kappa shape index (κ1) is 28.2. The quantitative estimate of drug-likeness (QED) is 0.135. The van der Waals surface area contributed by atoms with Gasteiger partial charge in [-0.15, -0.1) is 0 Å². The monoisotopic (exact) mass is 448 g/mol. The fourth-order valence-electron chi connectivity index (χ4n) is 2.47. The molecule has 178 valence electrons. The Morgan fingerprint density at radius 2 is 1.42 bits per heavy atom. The Hall–Kier alpha value is -2.77. The standard InChI is InChI=1S/C18H32N4O9/c1-4-8(2)13(21-15(27)10(19)5-6-12(25)26)16(28)22-14(9(3)24)17(29)20-11(7-23)18(30)31/h8-11,13-14,23-24H,4-7,19H2,1-3H3,(H,20,29)(H,21,27)(H,22,28)(H,25,26)(H,30,31). The lowest BCUT2D eigenvalue weighted by Crippen LogP contribution is -2.61. The molecule has 13 heteroatoms. The van der Waals surface area contributed by atoms with Gasteiger partial charge >= 0.3 is 11.9 Å². The Labute approximate surface area is 179 Å². The molecule has 13 nitrogen and oxygen atoms in total. The van der Waals surface area contributed by atoms with Gasteiger partial charge in [0, 0.05) is 6.42 Å². The minimum absolute atomic E-state index is 0.146.